The van der Waals surface area contributed by atoms with Crippen LogP contribution >= 0.6 is 11.6 Å². The van der Waals surface area contributed by atoms with E-state index in [0.29, 0.717) is 0 Å². The number of rotatable bonds is 1. The summed E-state index contributed by atoms with van der Waals surface area (Å²) >= 11 is 5.51. The van der Waals surface area contributed by atoms with E-state index < -0.39 is 17.7 Å². The van der Waals surface area contributed by atoms with E-state index in [2.05, 4.69) is 0 Å². The molecule has 0 spiro atoms. The number of nitrogens with one attached hydrogen (secondary N) is 1. The van der Waals surface area contributed by atoms with Crippen molar-refractivity contribution in [3.63, 3.8) is 0 Å². The van der Waals surface area contributed by atoms with E-state index in [9.17, 15) is 13.6 Å². The van der Waals surface area contributed by atoms with Gasteiger partial charge in [0, 0.05) is 6.07 Å². The zero-order chi connectivity index (χ0) is 9.30. The van der Waals surface area contributed by atoms with Gasteiger partial charge in [-0.15, -0.1) is 0 Å². The van der Waals surface area contributed by atoms with Gasteiger partial charge in [0.05, 0.1) is 10.7 Å². The Kier molecular flexibility index (Phi) is 2.47. The number of pyridine rings is 1. The first kappa shape index (κ1) is 9.19. The Bertz CT molecular complexity index is 348. The highest BCUT2D eigenvalue weighted by atomic mass is 35.5. The van der Waals surface area contributed by atoms with Crippen molar-refractivity contribution >= 4 is 11.6 Å². The quantitative estimate of drug-likeness (QED) is 0.729. The van der Waals surface area contributed by atoms with Crippen LogP contribution in [-0.2, 0) is 0 Å². The van der Waals surface area contributed by atoms with Crippen LogP contribution in [-0.4, -0.2) is 4.98 Å². The lowest BCUT2D eigenvalue weighted by atomic mass is 10.2. The van der Waals surface area contributed by atoms with Gasteiger partial charge in [-0.05, 0) is 12.5 Å². The summed E-state index contributed by atoms with van der Waals surface area (Å²) in [6.07, 6.45) is -2.70. The maximum Gasteiger partial charge on any atom is 0.278 e. The Morgan fingerprint density at radius 3 is 2.67 bits per heavy atom. The first-order chi connectivity index (χ1) is 5.52. The molecule has 1 heterocycles. The number of halogens is 3. The predicted molar refractivity (Wildman–Crippen MR) is 41.8 cm³/mol. The van der Waals surface area contributed by atoms with Gasteiger partial charge in [0.15, 0.2) is 0 Å². The predicted octanol–water partition coefficient (Wildman–Crippen LogP) is 2.27. The monoisotopic (exact) mass is 193 g/mol. The average molecular weight is 194 g/mol. The van der Waals surface area contributed by atoms with Crippen molar-refractivity contribution in [1.82, 2.24) is 4.98 Å². The molecule has 1 aromatic rings. The van der Waals surface area contributed by atoms with Crippen LogP contribution in [0.15, 0.2) is 10.9 Å². The molecule has 1 rings (SSSR count). The summed E-state index contributed by atoms with van der Waals surface area (Å²) < 4.78 is 24.3. The third-order valence-electron chi connectivity index (χ3n) is 1.50. The maximum absolute atomic E-state index is 12.2. The third-order valence-corrected chi connectivity index (χ3v) is 1.89. The van der Waals surface area contributed by atoms with Gasteiger partial charge in [0.1, 0.15) is 0 Å². The highest BCUT2D eigenvalue weighted by Gasteiger charge is 2.13. The van der Waals surface area contributed by atoms with Crippen LogP contribution in [0.1, 0.15) is 17.7 Å². The van der Waals surface area contributed by atoms with Crippen LogP contribution in [0.3, 0.4) is 0 Å². The van der Waals surface area contributed by atoms with Crippen molar-refractivity contribution in [2.45, 2.75) is 13.3 Å². The molecule has 12 heavy (non-hydrogen) atoms. The standard InChI is InChI=1S/C7H6ClF2NO/c1-3-4(8)2-5(12)11-6(3)7(9)10/h2,7H,1H3,(H,11,12). The maximum atomic E-state index is 12.2. The van der Waals surface area contributed by atoms with E-state index in [1.165, 1.54) is 6.92 Å². The van der Waals surface area contributed by atoms with E-state index in [1.54, 1.807) is 0 Å². The summed E-state index contributed by atoms with van der Waals surface area (Å²) in [6, 6.07) is 1.07. The summed E-state index contributed by atoms with van der Waals surface area (Å²) in [7, 11) is 0. The first-order valence-corrected chi connectivity index (χ1v) is 3.57. The Balaban J connectivity index is 3.38. The first-order valence-electron chi connectivity index (χ1n) is 3.20. The van der Waals surface area contributed by atoms with Gasteiger partial charge >= 0.3 is 0 Å². The fourth-order valence-electron chi connectivity index (χ4n) is 0.833. The van der Waals surface area contributed by atoms with Gasteiger partial charge in [-0.1, -0.05) is 11.6 Å². The van der Waals surface area contributed by atoms with Crippen molar-refractivity contribution in [3.05, 3.63) is 32.7 Å². The molecule has 0 atom stereocenters. The van der Waals surface area contributed by atoms with Crippen molar-refractivity contribution in [2.24, 2.45) is 0 Å². The smallest absolute Gasteiger partial charge is 0.278 e. The molecular weight excluding hydrogens is 188 g/mol. The fourth-order valence-corrected chi connectivity index (χ4v) is 1.03. The molecule has 5 heteroatoms. The summed E-state index contributed by atoms with van der Waals surface area (Å²) in [5.74, 6) is 0. The van der Waals surface area contributed by atoms with Gasteiger partial charge in [-0.3, -0.25) is 4.79 Å². The highest BCUT2D eigenvalue weighted by molar-refractivity contribution is 6.31. The SMILES string of the molecule is Cc1c(Cl)cc(=O)[nH]c1C(F)F. The van der Waals surface area contributed by atoms with Crippen LogP contribution in [0.5, 0.6) is 0 Å². The molecule has 0 amide bonds. The van der Waals surface area contributed by atoms with Crippen LogP contribution < -0.4 is 5.56 Å². The summed E-state index contributed by atoms with van der Waals surface area (Å²) in [6.45, 7) is 1.43. The number of aromatic amines is 1. The van der Waals surface area contributed by atoms with E-state index >= 15 is 0 Å². The van der Waals surface area contributed by atoms with Gasteiger partial charge in [0.25, 0.3) is 6.43 Å². The number of hydrogen-bond acceptors (Lipinski definition) is 1. The average Bonchev–Trinajstić information content (AvgIpc) is 1.96. The van der Waals surface area contributed by atoms with E-state index in [-0.39, 0.29) is 10.6 Å². The third kappa shape index (κ3) is 1.64. The highest BCUT2D eigenvalue weighted by Crippen LogP contribution is 2.23. The van der Waals surface area contributed by atoms with Crippen molar-refractivity contribution in [2.75, 3.05) is 0 Å². The van der Waals surface area contributed by atoms with Gasteiger partial charge in [-0.25, -0.2) is 8.78 Å². The lowest BCUT2D eigenvalue weighted by Crippen LogP contribution is -2.09. The topological polar surface area (TPSA) is 32.9 Å². The fraction of sp³-hybridized carbons (Fsp3) is 0.286. The molecule has 0 saturated carbocycles. The van der Waals surface area contributed by atoms with E-state index in [1.807, 2.05) is 4.98 Å². The molecule has 0 saturated heterocycles. The van der Waals surface area contributed by atoms with Crippen LogP contribution in [0.25, 0.3) is 0 Å². The summed E-state index contributed by atoms with van der Waals surface area (Å²) in [4.78, 5) is 12.7. The van der Waals surface area contributed by atoms with E-state index in [4.69, 9.17) is 11.6 Å². The number of hydrogen-bond donors (Lipinski definition) is 1. The zero-order valence-electron chi connectivity index (χ0n) is 6.20. The van der Waals surface area contributed by atoms with Crippen LogP contribution in [0.2, 0.25) is 5.02 Å². The Labute approximate surface area is 72.2 Å². The minimum absolute atomic E-state index is 0.0639. The number of aromatic nitrogens is 1. The molecule has 0 aliphatic heterocycles. The molecule has 0 radical (unpaired) electrons. The Morgan fingerprint density at radius 2 is 2.17 bits per heavy atom. The van der Waals surface area contributed by atoms with Crippen molar-refractivity contribution < 1.29 is 8.78 Å². The molecule has 1 aromatic heterocycles. The second-order valence-electron chi connectivity index (χ2n) is 2.32. The molecular formula is C7H6ClF2NO. The minimum Gasteiger partial charge on any atom is -0.321 e. The van der Waals surface area contributed by atoms with E-state index in [0.717, 1.165) is 6.07 Å². The molecule has 0 aromatic carbocycles. The second-order valence-corrected chi connectivity index (χ2v) is 2.73. The minimum atomic E-state index is -2.70. The molecule has 0 aliphatic rings. The molecule has 0 fully saturated rings. The lowest BCUT2D eigenvalue weighted by molar-refractivity contribution is 0.145. The molecule has 0 aliphatic carbocycles. The largest absolute Gasteiger partial charge is 0.321 e. The second kappa shape index (κ2) is 3.23. The molecule has 66 valence electrons. The molecule has 0 bridgehead atoms. The van der Waals surface area contributed by atoms with Gasteiger partial charge < -0.3 is 4.98 Å². The summed E-state index contributed by atoms with van der Waals surface area (Å²) in [5.41, 5.74) is -0.806. The lowest BCUT2D eigenvalue weighted by Gasteiger charge is -2.04. The van der Waals surface area contributed by atoms with Gasteiger partial charge in [0.2, 0.25) is 5.56 Å². The molecule has 1 N–H and O–H groups in total. The zero-order valence-corrected chi connectivity index (χ0v) is 6.95. The summed E-state index contributed by atoms with van der Waals surface area (Å²) in [5, 5.41) is 0.0639. The van der Waals surface area contributed by atoms with Crippen LogP contribution in [0.4, 0.5) is 8.78 Å². The Hall–Kier alpha value is -0.900. The number of alkyl halides is 2. The molecule has 2 nitrogen and oxygen atoms in total. The normalized spacial score (nSPS) is 10.8. The van der Waals surface area contributed by atoms with Crippen LogP contribution in [0, 0.1) is 6.92 Å². The number of H-pyrrole nitrogens is 1. The Morgan fingerprint density at radius 1 is 1.58 bits per heavy atom. The van der Waals surface area contributed by atoms with Crippen molar-refractivity contribution in [1.29, 1.82) is 0 Å². The molecule has 0 unspecified atom stereocenters. The van der Waals surface area contributed by atoms with Gasteiger partial charge in [-0.2, -0.15) is 0 Å². The van der Waals surface area contributed by atoms with Crippen molar-refractivity contribution in [3.8, 4) is 0 Å².